The number of aryl methyl sites for hydroxylation is 1. The quantitative estimate of drug-likeness (QED) is 0.806. The number of hydrogen-bond acceptors (Lipinski definition) is 2. The Kier molecular flexibility index (Phi) is 5.21. The number of nitrogens with two attached hydrogens (primary N) is 1. The average molecular weight is 296 g/mol. The van der Waals surface area contributed by atoms with Crippen molar-refractivity contribution < 1.29 is 4.79 Å². The lowest BCUT2D eigenvalue weighted by molar-refractivity contribution is -0.116. The van der Waals surface area contributed by atoms with Crippen LogP contribution in [0.5, 0.6) is 0 Å². The van der Waals surface area contributed by atoms with E-state index in [4.69, 9.17) is 5.73 Å². The third-order valence-corrected chi connectivity index (χ3v) is 3.97. The summed E-state index contributed by atoms with van der Waals surface area (Å²) >= 11 is 0. The summed E-state index contributed by atoms with van der Waals surface area (Å²) in [5, 5.41) is 2.99. The molecule has 0 aliphatic rings. The summed E-state index contributed by atoms with van der Waals surface area (Å²) in [6, 6.07) is 15.8. The van der Waals surface area contributed by atoms with Crippen molar-refractivity contribution in [3.63, 3.8) is 0 Å². The second kappa shape index (κ2) is 7.12. The molecule has 0 aliphatic heterocycles. The van der Waals surface area contributed by atoms with Crippen molar-refractivity contribution >= 4 is 17.3 Å². The Labute approximate surface area is 132 Å². The molecule has 1 atom stereocenters. The summed E-state index contributed by atoms with van der Waals surface area (Å²) in [5.41, 5.74) is 9.46. The molecule has 3 N–H and O–H groups in total. The molecule has 1 unspecified atom stereocenters. The van der Waals surface area contributed by atoms with E-state index >= 15 is 0 Å². The van der Waals surface area contributed by atoms with E-state index in [0.717, 1.165) is 11.3 Å². The van der Waals surface area contributed by atoms with Crippen LogP contribution in [0.1, 0.15) is 37.3 Å². The van der Waals surface area contributed by atoms with Crippen LogP contribution in [0, 0.1) is 12.8 Å². The molecule has 0 radical (unpaired) electrons. The predicted octanol–water partition coefficient (Wildman–Crippen LogP) is 4.35. The van der Waals surface area contributed by atoms with Gasteiger partial charge in [0.1, 0.15) is 0 Å². The lowest BCUT2D eigenvalue weighted by Crippen LogP contribution is -2.19. The van der Waals surface area contributed by atoms with Gasteiger partial charge in [-0.25, -0.2) is 0 Å². The van der Waals surface area contributed by atoms with Crippen molar-refractivity contribution in [3.8, 4) is 0 Å². The molecule has 3 nitrogen and oxygen atoms in total. The Morgan fingerprint density at radius 2 is 1.82 bits per heavy atom. The van der Waals surface area contributed by atoms with Gasteiger partial charge in [-0.05, 0) is 42.0 Å². The third kappa shape index (κ3) is 4.10. The van der Waals surface area contributed by atoms with Crippen LogP contribution >= 0.6 is 0 Å². The van der Waals surface area contributed by atoms with E-state index in [-0.39, 0.29) is 11.8 Å². The number of amides is 1. The number of nitrogens with one attached hydrogen (secondary N) is 1. The summed E-state index contributed by atoms with van der Waals surface area (Å²) < 4.78 is 0. The highest BCUT2D eigenvalue weighted by Crippen LogP contribution is 2.28. The molecule has 3 heteroatoms. The molecule has 0 aliphatic carbocycles. The van der Waals surface area contributed by atoms with Crippen LogP contribution in [0.4, 0.5) is 11.4 Å². The summed E-state index contributed by atoms with van der Waals surface area (Å²) in [7, 11) is 0. The van der Waals surface area contributed by atoms with E-state index in [1.165, 1.54) is 5.56 Å². The van der Waals surface area contributed by atoms with Crippen molar-refractivity contribution in [1.82, 2.24) is 0 Å². The minimum absolute atomic E-state index is 0.0243. The van der Waals surface area contributed by atoms with Gasteiger partial charge in [0.15, 0.2) is 0 Å². The molecule has 0 saturated heterocycles. The van der Waals surface area contributed by atoms with Gasteiger partial charge >= 0.3 is 0 Å². The second-order valence-corrected chi connectivity index (χ2v) is 6.09. The van der Waals surface area contributed by atoms with Crippen LogP contribution in [0.25, 0.3) is 0 Å². The maximum Gasteiger partial charge on any atom is 0.225 e. The molecule has 0 aromatic heterocycles. The Hall–Kier alpha value is -2.29. The van der Waals surface area contributed by atoms with Gasteiger partial charge in [-0.2, -0.15) is 0 Å². The van der Waals surface area contributed by atoms with Crippen molar-refractivity contribution in [2.75, 3.05) is 11.1 Å². The molecule has 116 valence electrons. The highest BCUT2D eigenvalue weighted by molar-refractivity contribution is 5.92. The first-order chi connectivity index (χ1) is 10.5. The van der Waals surface area contributed by atoms with Crippen molar-refractivity contribution in [1.29, 1.82) is 0 Å². The molecule has 0 fully saturated rings. The largest absolute Gasteiger partial charge is 0.399 e. The second-order valence-electron chi connectivity index (χ2n) is 6.09. The molecule has 0 bridgehead atoms. The van der Waals surface area contributed by atoms with Gasteiger partial charge in [-0.15, -0.1) is 0 Å². The normalized spacial score (nSPS) is 12.2. The van der Waals surface area contributed by atoms with E-state index in [1.54, 1.807) is 6.07 Å². The Morgan fingerprint density at radius 3 is 2.45 bits per heavy atom. The number of rotatable bonds is 5. The van der Waals surface area contributed by atoms with E-state index in [1.807, 2.05) is 37.3 Å². The summed E-state index contributed by atoms with van der Waals surface area (Å²) in [4.78, 5) is 12.4. The molecule has 0 heterocycles. The Balaban J connectivity index is 2.10. The Morgan fingerprint density at radius 1 is 1.14 bits per heavy atom. The molecule has 22 heavy (non-hydrogen) atoms. The zero-order chi connectivity index (χ0) is 16.1. The standard InChI is InChI=1S/C19H24N2O/c1-13(2)17(15-7-5-4-6-8-15)12-19(22)21-18-11-16(20)10-9-14(18)3/h4-11,13,17H,12,20H2,1-3H3,(H,21,22). The molecule has 0 saturated carbocycles. The minimum Gasteiger partial charge on any atom is -0.399 e. The van der Waals surface area contributed by atoms with Crippen LogP contribution in [-0.4, -0.2) is 5.91 Å². The first kappa shape index (κ1) is 16.1. The molecular weight excluding hydrogens is 272 g/mol. The molecule has 2 rings (SSSR count). The lowest BCUT2D eigenvalue weighted by atomic mass is 9.85. The van der Waals surface area contributed by atoms with Crippen LogP contribution < -0.4 is 11.1 Å². The van der Waals surface area contributed by atoms with Crippen molar-refractivity contribution in [2.45, 2.75) is 33.1 Å². The molecule has 2 aromatic rings. The molecule has 1 amide bonds. The topological polar surface area (TPSA) is 55.1 Å². The predicted molar refractivity (Wildman–Crippen MR) is 92.9 cm³/mol. The zero-order valence-corrected chi connectivity index (χ0v) is 13.5. The van der Waals surface area contributed by atoms with Gasteiger partial charge in [-0.3, -0.25) is 4.79 Å². The maximum absolute atomic E-state index is 12.4. The fourth-order valence-corrected chi connectivity index (χ4v) is 2.61. The summed E-state index contributed by atoms with van der Waals surface area (Å²) in [6.07, 6.45) is 0.468. The monoisotopic (exact) mass is 296 g/mol. The number of carbonyl (C=O) groups is 1. The maximum atomic E-state index is 12.4. The fraction of sp³-hybridized carbons (Fsp3) is 0.316. The summed E-state index contributed by atoms with van der Waals surface area (Å²) in [6.45, 7) is 6.26. The van der Waals surface area contributed by atoms with E-state index in [2.05, 4.69) is 31.3 Å². The average Bonchev–Trinajstić information content (AvgIpc) is 2.49. The lowest BCUT2D eigenvalue weighted by Gasteiger charge is -2.21. The highest BCUT2D eigenvalue weighted by Gasteiger charge is 2.19. The number of nitrogen functional groups attached to an aromatic ring is 1. The zero-order valence-electron chi connectivity index (χ0n) is 13.5. The number of hydrogen-bond donors (Lipinski definition) is 2. The van der Waals surface area contributed by atoms with Gasteiger partial charge in [0.2, 0.25) is 5.91 Å². The van der Waals surface area contributed by atoms with Gasteiger partial charge < -0.3 is 11.1 Å². The van der Waals surface area contributed by atoms with Crippen molar-refractivity contribution in [3.05, 3.63) is 59.7 Å². The van der Waals surface area contributed by atoms with Crippen LogP contribution in [-0.2, 0) is 4.79 Å². The van der Waals surface area contributed by atoms with Crippen LogP contribution in [0.15, 0.2) is 48.5 Å². The Bertz CT molecular complexity index is 635. The van der Waals surface area contributed by atoms with E-state index < -0.39 is 0 Å². The van der Waals surface area contributed by atoms with Gasteiger partial charge in [-0.1, -0.05) is 50.2 Å². The first-order valence-corrected chi connectivity index (χ1v) is 7.68. The third-order valence-electron chi connectivity index (χ3n) is 3.97. The molecule has 2 aromatic carbocycles. The van der Waals surface area contributed by atoms with Crippen molar-refractivity contribution in [2.24, 2.45) is 5.92 Å². The molecule has 0 spiro atoms. The molecular formula is C19H24N2O. The number of benzene rings is 2. The number of carbonyl (C=O) groups excluding carboxylic acids is 1. The van der Waals surface area contributed by atoms with Crippen LogP contribution in [0.3, 0.4) is 0 Å². The van der Waals surface area contributed by atoms with Gasteiger partial charge in [0.25, 0.3) is 0 Å². The van der Waals surface area contributed by atoms with Gasteiger partial charge in [0.05, 0.1) is 0 Å². The SMILES string of the molecule is Cc1ccc(N)cc1NC(=O)CC(c1ccccc1)C(C)C. The van der Waals surface area contributed by atoms with Gasteiger partial charge in [0, 0.05) is 17.8 Å². The summed E-state index contributed by atoms with van der Waals surface area (Å²) in [5.74, 6) is 0.633. The number of anilines is 2. The first-order valence-electron chi connectivity index (χ1n) is 7.68. The minimum atomic E-state index is 0.0243. The van der Waals surface area contributed by atoms with E-state index in [0.29, 0.717) is 18.0 Å². The smallest absolute Gasteiger partial charge is 0.225 e. The van der Waals surface area contributed by atoms with E-state index in [9.17, 15) is 4.79 Å². The highest BCUT2D eigenvalue weighted by atomic mass is 16.1. The van der Waals surface area contributed by atoms with Crippen LogP contribution in [0.2, 0.25) is 0 Å². The fourth-order valence-electron chi connectivity index (χ4n) is 2.61.